The predicted octanol–water partition coefficient (Wildman–Crippen LogP) is 0.832. The molecule has 0 aromatic carbocycles. The number of nitrogens with two attached hydrogens (primary N) is 1. The van der Waals surface area contributed by atoms with Crippen molar-refractivity contribution < 1.29 is 14.3 Å². The Morgan fingerprint density at radius 1 is 1.67 bits per heavy atom. The first-order valence-corrected chi connectivity index (χ1v) is 3.53. The van der Waals surface area contributed by atoms with Gasteiger partial charge in [0.15, 0.2) is 0 Å². The molecule has 2 N–H and O–H groups in total. The number of hydrogen-bond acceptors (Lipinski definition) is 4. The summed E-state index contributed by atoms with van der Waals surface area (Å²) in [5, 5.41) is 0. The highest BCUT2D eigenvalue weighted by molar-refractivity contribution is 5.64. The average Bonchev–Trinajstić information content (AvgIpc) is 1.87. The van der Waals surface area contributed by atoms with Crippen LogP contribution in [0.2, 0.25) is 0 Å². The van der Waals surface area contributed by atoms with Crippen molar-refractivity contribution >= 4 is 12.2 Å². The number of nitrogens with zero attached hydrogens (tertiary/aromatic N) is 1. The summed E-state index contributed by atoms with van der Waals surface area (Å²) in [6.45, 7) is 5.70. The summed E-state index contributed by atoms with van der Waals surface area (Å²) in [6, 6.07) is 0.0995. The lowest BCUT2D eigenvalue weighted by atomic mass is 10.4. The number of rotatable bonds is 2. The molecule has 0 bridgehead atoms. The molecule has 0 atom stereocenters. The summed E-state index contributed by atoms with van der Waals surface area (Å²) in [5.41, 5.74) is 4.54. The molecule has 0 fully saturated rings. The summed E-state index contributed by atoms with van der Waals surface area (Å²) >= 11 is 0. The second-order valence-electron chi connectivity index (χ2n) is 2.07. The summed E-state index contributed by atoms with van der Waals surface area (Å²) in [7, 11) is 0. The van der Waals surface area contributed by atoms with Crippen LogP contribution in [0.1, 0.15) is 20.8 Å². The zero-order valence-electron chi connectivity index (χ0n) is 7.53. The lowest BCUT2D eigenvalue weighted by Crippen LogP contribution is -2.11. The highest BCUT2D eigenvalue weighted by Crippen LogP contribution is 1.78. The number of primary amides is 1. The topological polar surface area (TPSA) is 81.8 Å². The van der Waals surface area contributed by atoms with Gasteiger partial charge in [0, 0.05) is 0 Å². The Morgan fingerprint density at radius 2 is 2.17 bits per heavy atom. The summed E-state index contributed by atoms with van der Waals surface area (Å²) in [5.74, 6) is 0. The van der Waals surface area contributed by atoms with Crippen molar-refractivity contribution in [2.24, 2.45) is 10.7 Å². The molecule has 0 aliphatic heterocycles. The standard InChI is InChI=1S/C4H7NO.C3H7NO2/c1-4(2)5-3-6;1-2-6-3(4)5/h4H,1-2H3;2H2,1H3,(H2,4,5). The van der Waals surface area contributed by atoms with Gasteiger partial charge in [-0.15, -0.1) is 0 Å². The van der Waals surface area contributed by atoms with Gasteiger partial charge in [0.05, 0.1) is 12.6 Å². The minimum absolute atomic E-state index is 0.0995. The molecular formula is C7H14N2O3. The number of carbonyl (C=O) groups excluding carboxylic acids is 2. The quantitative estimate of drug-likeness (QED) is 0.497. The molecule has 5 nitrogen and oxygen atoms in total. The molecular weight excluding hydrogens is 160 g/mol. The molecule has 0 saturated heterocycles. The van der Waals surface area contributed by atoms with Crippen molar-refractivity contribution in [3.63, 3.8) is 0 Å². The number of carbonyl (C=O) groups is 1. The van der Waals surface area contributed by atoms with Crippen molar-refractivity contribution in [1.29, 1.82) is 0 Å². The van der Waals surface area contributed by atoms with Gasteiger partial charge in [0.1, 0.15) is 0 Å². The van der Waals surface area contributed by atoms with Gasteiger partial charge in [-0.2, -0.15) is 0 Å². The number of ether oxygens (including phenoxy) is 1. The van der Waals surface area contributed by atoms with E-state index in [0.717, 1.165) is 0 Å². The Balaban J connectivity index is 0. The minimum Gasteiger partial charge on any atom is -0.450 e. The van der Waals surface area contributed by atoms with Crippen molar-refractivity contribution in [2.45, 2.75) is 26.8 Å². The van der Waals surface area contributed by atoms with Gasteiger partial charge >= 0.3 is 6.09 Å². The molecule has 1 amide bonds. The molecule has 5 heteroatoms. The van der Waals surface area contributed by atoms with Crippen LogP contribution in [-0.4, -0.2) is 24.8 Å². The largest absolute Gasteiger partial charge is 0.450 e. The molecule has 0 aromatic heterocycles. The van der Waals surface area contributed by atoms with E-state index in [4.69, 9.17) is 0 Å². The molecule has 0 radical (unpaired) electrons. The van der Waals surface area contributed by atoms with Gasteiger partial charge in [-0.05, 0) is 20.8 Å². The number of isocyanates is 1. The maximum atomic E-state index is 9.60. The van der Waals surface area contributed by atoms with Crippen LogP contribution < -0.4 is 5.73 Å². The van der Waals surface area contributed by atoms with Crippen molar-refractivity contribution in [3.8, 4) is 0 Å². The van der Waals surface area contributed by atoms with Gasteiger partial charge in [-0.25, -0.2) is 14.6 Å². The van der Waals surface area contributed by atoms with E-state index in [1.54, 1.807) is 6.92 Å². The smallest absolute Gasteiger partial charge is 0.404 e. The first-order valence-electron chi connectivity index (χ1n) is 3.53. The van der Waals surface area contributed by atoms with E-state index in [0.29, 0.717) is 6.61 Å². The van der Waals surface area contributed by atoms with E-state index in [1.165, 1.54) is 6.08 Å². The van der Waals surface area contributed by atoms with Crippen LogP contribution in [0.15, 0.2) is 4.99 Å². The van der Waals surface area contributed by atoms with Gasteiger partial charge in [0.2, 0.25) is 6.08 Å². The van der Waals surface area contributed by atoms with Crippen molar-refractivity contribution in [3.05, 3.63) is 0 Å². The Bertz CT molecular complexity index is 162. The lowest BCUT2D eigenvalue weighted by Gasteiger charge is -1.89. The number of amides is 1. The molecule has 12 heavy (non-hydrogen) atoms. The van der Waals surface area contributed by atoms with Crippen LogP contribution in [0.25, 0.3) is 0 Å². The van der Waals surface area contributed by atoms with Crippen LogP contribution in [-0.2, 0) is 9.53 Å². The third kappa shape index (κ3) is 23.4. The fraction of sp³-hybridized carbons (Fsp3) is 0.714. The van der Waals surface area contributed by atoms with Crippen LogP contribution >= 0.6 is 0 Å². The van der Waals surface area contributed by atoms with Crippen LogP contribution in [0.3, 0.4) is 0 Å². The van der Waals surface area contributed by atoms with Crippen molar-refractivity contribution in [2.75, 3.05) is 6.61 Å². The first kappa shape index (κ1) is 13.3. The Hall–Kier alpha value is -1.35. The summed E-state index contributed by atoms with van der Waals surface area (Å²) in [6.07, 6.45) is 0.731. The van der Waals surface area contributed by atoms with Crippen molar-refractivity contribution in [1.82, 2.24) is 0 Å². The highest BCUT2D eigenvalue weighted by atomic mass is 16.5. The molecule has 0 heterocycles. The third-order valence-electron chi connectivity index (χ3n) is 0.597. The SMILES string of the molecule is CC(C)N=C=O.CCOC(N)=O. The molecule has 0 spiro atoms. The second kappa shape index (κ2) is 9.65. The molecule has 0 saturated carbocycles. The van der Waals surface area contributed by atoms with E-state index < -0.39 is 6.09 Å². The molecule has 0 aromatic rings. The van der Waals surface area contributed by atoms with E-state index in [2.05, 4.69) is 15.5 Å². The zero-order chi connectivity index (χ0) is 9.98. The normalized spacial score (nSPS) is 7.67. The Morgan fingerprint density at radius 3 is 2.17 bits per heavy atom. The van der Waals surface area contributed by atoms with Crippen LogP contribution in [0.4, 0.5) is 4.79 Å². The van der Waals surface area contributed by atoms with E-state index >= 15 is 0 Å². The fourth-order valence-electron chi connectivity index (χ4n) is 0.248. The second-order valence-corrected chi connectivity index (χ2v) is 2.07. The third-order valence-corrected chi connectivity index (χ3v) is 0.597. The molecule has 0 rings (SSSR count). The molecule has 0 unspecified atom stereocenters. The molecule has 70 valence electrons. The minimum atomic E-state index is -0.711. The number of hydrogen-bond donors (Lipinski definition) is 1. The molecule has 0 aliphatic rings. The van der Waals surface area contributed by atoms with E-state index in [-0.39, 0.29) is 6.04 Å². The molecule has 0 aliphatic carbocycles. The van der Waals surface area contributed by atoms with Crippen LogP contribution in [0, 0.1) is 0 Å². The van der Waals surface area contributed by atoms with Crippen LogP contribution in [0.5, 0.6) is 0 Å². The zero-order valence-corrected chi connectivity index (χ0v) is 7.53. The highest BCUT2D eigenvalue weighted by Gasteiger charge is 1.82. The number of aliphatic imine (C=N–C) groups is 1. The maximum absolute atomic E-state index is 9.60. The van der Waals surface area contributed by atoms with Gasteiger partial charge in [0.25, 0.3) is 0 Å². The van der Waals surface area contributed by atoms with Gasteiger partial charge in [-0.1, -0.05) is 0 Å². The average molecular weight is 174 g/mol. The van der Waals surface area contributed by atoms with E-state index in [1.807, 2.05) is 13.8 Å². The monoisotopic (exact) mass is 174 g/mol. The Kier molecular flexibility index (Phi) is 10.7. The predicted molar refractivity (Wildman–Crippen MR) is 44.5 cm³/mol. The summed E-state index contributed by atoms with van der Waals surface area (Å²) in [4.78, 5) is 22.2. The summed E-state index contributed by atoms with van der Waals surface area (Å²) < 4.78 is 4.18. The first-order chi connectivity index (χ1) is 5.54. The van der Waals surface area contributed by atoms with E-state index in [9.17, 15) is 9.59 Å². The fourth-order valence-corrected chi connectivity index (χ4v) is 0.248. The Labute approximate surface area is 71.6 Å². The maximum Gasteiger partial charge on any atom is 0.404 e. The van der Waals surface area contributed by atoms with Gasteiger partial charge in [-0.3, -0.25) is 0 Å². The van der Waals surface area contributed by atoms with Gasteiger partial charge < -0.3 is 10.5 Å². The lowest BCUT2D eigenvalue weighted by molar-refractivity contribution is 0.163.